The van der Waals surface area contributed by atoms with Gasteiger partial charge in [-0.1, -0.05) is 36.7 Å². The minimum Gasteiger partial charge on any atom is -0.484 e. The van der Waals surface area contributed by atoms with E-state index in [1.807, 2.05) is 25.1 Å². The molecule has 0 aromatic heterocycles. The molecular weight excluding hydrogens is 470 g/mol. The second-order valence-corrected chi connectivity index (χ2v) is 8.34. The van der Waals surface area contributed by atoms with Gasteiger partial charge in [-0.25, -0.2) is 0 Å². The first kappa shape index (κ1) is 24.3. The molecule has 0 aliphatic carbocycles. The molecule has 11 heteroatoms. The van der Waals surface area contributed by atoms with E-state index in [1.54, 1.807) is 6.07 Å². The molecule has 1 aliphatic rings. The summed E-state index contributed by atoms with van der Waals surface area (Å²) in [5.74, 6) is -0.333. The Morgan fingerprint density at radius 1 is 1.27 bits per heavy atom. The molecule has 0 radical (unpaired) electrons. The molecule has 0 spiro atoms. The van der Waals surface area contributed by atoms with Gasteiger partial charge in [-0.3, -0.25) is 29.4 Å². The normalized spacial score (nSPS) is 14.6. The van der Waals surface area contributed by atoms with Gasteiger partial charge < -0.3 is 10.1 Å². The number of thioether (sulfide) groups is 1. The Labute approximate surface area is 198 Å². The van der Waals surface area contributed by atoms with E-state index in [9.17, 15) is 24.5 Å². The van der Waals surface area contributed by atoms with Gasteiger partial charge in [0.1, 0.15) is 10.8 Å². The maximum absolute atomic E-state index is 12.6. The van der Waals surface area contributed by atoms with Crippen molar-refractivity contribution < 1.29 is 24.0 Å². The molecule has 0 unspecified atom stereocenters. The zero-order valence-corrected chi connectivity index (χ0v) is 19.1. The van der Waals surface area contributed by atoms with Gasteiger partial charge in [0.15, 0.2) is 6.61 Å². The lowest BCUT2D eigenvalue weighted by Gasteiger charge is -2.13. The molecule has 1 N–H and O–H groups in total. The number of ether oxygens (including phenoxy) is 1. The highest BCUT2D eigenvalue weighted by atomic mass is 35.5. The summed E-state index contributed by atoms with van der Waals surface area (Å²) >= 11 is 6.52. The summed E-state index contributed by atoms with van der Waals surface area (Å²) in [6, 6.07) is 11.5. The highest BCUT2D eigenvalue weighted by Crippen LogP contribution is 2.33. The fraction of sp³-hybridized carbons (Fsp3) is 0.227. The largest absolute Gasteiger partial charge is 0.484 e. The van der Waals surface area contributed by atoms with Gasteiger partial charge in [0.2, 0.25) is 0 Å². The number of nitro benzene ring substituents is 1. The third-order valence-electron chi connectivity index (χ3n) is 4.67. The molecule has 1 saturated heterocycles. The number of aryl methyl sites for hydroxylation is 1. The third kappa shape index (κ3) is 6.33. The van der Waals surface area contributed by atoms with E-state index in [4.69, 9.17) is 16.3 Å². The Morgan fingerprint density at radius 2 is 2.06 bits per heavy atom. The van der Waals surface area contributed by atoms with Crippen LogP contribution in [-0.2, 0) is 16.0 Å². The van der Waals surface area contributed by atoms with Crippen molar-refractivity contribution in [1.29, 1.82) is 0 Å². The summed E-state index contributed by atoms with van der Waals surface area (Å²) in [5, 5.41) is 13.1. The number of carbonyl (C=O) groups excluding carboxylic acids is 3. The van der Waals surface area contributed by atoms with Gasteiger partial charge in [-0.05, 0) is 53.6 Å². The topological polar surface area (TPSA) is 119 Å². The van der Waals surface area contributed by atoms with Crippen molar-refractivity contribution >= 4 is 52.2 Å². The fourth-order valence-corrected chi connectivity index (χ4v) is 4.02. The number of imide groups is 1. The Balaban J connectivity index is 1.53. The molecular formula is C22H20ClN3O6S. The van der Waals surface area contributed by atoms with Gasteiger partial charge in [-0.2, -0.15) is 0 Å². The maximum Gasteiger partial charge on any atom is 0.293 e. The molecule has 3 amide bonds. The van der Waals surface area contributed by atoms with Gasteiger partial charge in [0.05, 0.1) is 9.83 Å². The number of rotatable bonds is 9. The average Bonchev–Trinajstić information content (AvgIpc) is 3.06. The lowest BCUT2D eigenvalue weighted by Crippen LogP contribution is -2.38. The van der Waals surface area contributed by atoms with Crippen molar-refractivity contribution in [1.82, 2.24) is 10.2 Å². The van der Waals surface area contributed by atoms with Crippen LogP contribution in [0.3, 0.4) is 0 Å². The Hall–Kier alpha value is -3.37. The van der Waals surface area contributed by atoms with Crippen molar-refractivity contribution in [2.75, 3.05) is 19.7 Å². The number of benzene rings is 2. The van der Waals surface area contributed by atoms with E-state index >= 15 is 0 Å². The number of amides is 3. The molecule has 2 aromatic carbocycles. The van der Waals surface area contributed by atoms with Crippen LogP contribution in [0.4, 0.5) is 10.5 Å². The summed E-state index contributed by atoms with van der Waals surface area (Å²) in [5.41, 5.74) is 1.17. The van der Waals surface area contributed by atoms with Crippen LogP contribution in [0.25, 0.3) is 6.08 Å². The first-order valence-corrected chi connectivity index (χ1v) is 11.2. The van der Waals surface area contributed by atoms with Crippen molar-refractivity contribution in [2.45, 2.75) is 13.3 Å². The number of hydrogen-bond acceptors (Lipinski definition) is 7. The van der Waals surface area contributed by atoms with Crippen molar-refractivity contribution in [3.8, 4) is 5.75 Å². The number of nitrogens with zero attached hydrogens (tertiary/aromatic N) is 2. The lowest BCUT2D eigenvalue weighted by molar-refractivity contribution is -0.384. The number of carbonyl (C=O) groups is 3. The van der Waals surface area contributed by atoms with Crippen molar-refractivity contribution in [3.05, 3.63) is 73.6 Å². The smallest absolute Gasteiger partial charge is 0.293 e. The zero-order chi connectivity index (χ0) is 24.0. The van der Waals surface area contributed by atoms with E-state index in [-0.39, 0.29) is 41.2 Å². The second-order valence-electron chi connectivity index (χ2n) is 6.94. The van der Waals surface area contributed by atoms with Gasteiger partial charge >= 0.3 is 0 Å². The molecule has 172 valence electrons. The van der Waals surface area contributed by atoms with E-state index < -0.39 is 16.1 Å². The summed E-state index contributed by atoms with van der Waals surface area (Å²) in [7, 11) is 0. The first-order valence-electron chi connectivity index (χ1n) is 9.96. The molecule has 33 heavy (non-hydrogen) atoms. The maximum atomic E-state index is 12.6. The molecule has 1 fully saturated rings. The number of hydrogen-bond donors (Lipinski definition) is 1. The van der Waals surface area contributed by atoms with Crippen LogP contribution in [-0.4, -0.2) is 46.6 Å². The molecule has 2 aromatic rings. The third-order valence-corrected chi connectivity index (χ3v) is 5.90. The summed E-state index contributed by atoms with van der Waals surface area (Å²) in [4.78, 5) is 48.4. The van der Waals surface area contributed by atoms with Crippen LogP contribution in [0.15, 0.2) is 47.4 Å². The predicted octanol–water partition coefficient (Wildman–Crippen LogP) is 4.04. The zero-order valence-electron chi connectivity index (χ0n) is 17.6. The molecule has 0 atom stereocenters. The highest BCUT2D eigenvalue weighted by molar-refractivity contribution is 8.18. The second kappa shape index (κ2) is 11.0. The van der Waals surface area contributed by atoms with Crippen molar-refractivity contribution in [2.24, 2.45) is 0 Å². The van der Waals surface area contributed by atoms with Crippen LogP contribution in [0.1, 0.15) is 18.1 Å². The Kier molecular flexibility index (Phi) is 8.07. The number of halogens is 1. The Bertz CT molecular complexity index is 1140. The minimum atomic E-state index is -0.627. The first-order chi connectivity index (χ1) is 15.8. The molecule has 1 aliphatic heterocycles. The van der Waals surface area contributed by atoms with Crippen molar-refractivity contribution in [3.63, 3.8) is 0 Å². The molecule has 0 saturated carbocycles. The molecule has 0 bridgehead atoms. The van der Waals surface area contributed by atoms with Crippen LogP contribution in [0, 0.1) is 10.1 Å². The monoisotopic (exact) mass is 489 g/mol. The van der Waals surface area contributed by atoms with E-state index in [1.165, 1.54) is 24.3 Å². The lowest BCUT2D eigenvalue weighted by atomic mass is 10.2. The number of nitro groups is 1. The summed E-state index contributed by atoms with van der Waals surface area (Å²) < 4.78 is 5.46. The average molecular weight is 490 g/mol. The van der Waals surface area contributed by atoms with Gasteiger partial charge in [0, 0.05) is 19.2 Å². The molecule has 3 rings (SSSR count). The number of nitrogens with one attached hydrogen (secondary N) is 1. The van der Waals surface area contributed by atoms with E-state index in [2.05, 4.69) is 5.32 Å². The van der Waals surface area contributed by atoms with Crippen LogP contribution in [0.2, 0.25) is 5.02 Å². The summed E-state index contributed by atoms with van der Waals surface area (Å²) in [6.45, 7) is 1.88. The van der Waals surface area contributed by atoms with Gasteiger partial charge in [-0.15, -0.1) is 0 Å². The minimum absolute atomic E-state index is 0.0141. The SMILES string of the molecule is CCc1cccc(OCC(=O)NCCN2C(=O)S/C(=C\c3ccc(Cl)c([N+](=O)[O-])c3)C2=O)c1. The highest BCUT2D eigenvalue weighted by Gasteiger charge is 2.34. The van der Waals surface area contributed by atoms with E-state index in [0.29, 0.717) is 11.3 Å². The van der Waals surface area contributed by atoms with Crippen LogP contribution >= 0.6 is 23.4 Å². The fourth-order valence-electron chi connectivity index (χ4n) is 2.97. The standard InChI is InChI=1S/C22H20ClN3O6S/c1-2-14-4-3-5-16(10-14)32-13-20(27)24-8-9-25-21(28)19(33-22(25)29)12-15-6-7-17(23)18(11-15)26(30)31/h3-7,10-12H,2,8-9,13H2,1H3,(H,24,27)/b19-12-. The van der Waals surface area contributed by atoms with Crippen LogP contribution < -0.4 is 10.1 Å². The van der Waals surface area contributed by atoms with Gasteiger partial charge in [0.25, 0.3) is 22.7 Å². The van der Waals surface area contributed by atoms with E-state index in [0.717, 1.165) is 28.6 Å². The molecule has 1 heterocycles. The quantitative estimate of drug-likeness (QED) is 0.320. The predicted molar refractivity (Wildman–Crippen MR) is 125 cm³/mol. The molecule has 9 nitrogen and oxygen atoms in total. The summed E-state index contributed by atoms with van der Waals surface area (Å²) in [6.07, 6.45) is 2.25. The Morgan fingerprint density at radius 3 is 2.79 bits per heavy atom. The van der Waals surface area contributed by atoms with Crippen LogP contribution in [0.5, 0.6) is 5.75 Å².